The molecule has 0 radical (unpaired) electrons. The zero-order valence-electron chi connectivity index (χ0n) is 8.41. The summed E-state index contributed by atoms with van der Waals surface area (Å²) in [5, 5.41) is 0. The lowest BCUT2D eigenvalue weighted by Gasteiger charge is -2.08. The van der Waals surface area contributed by atoms with Crippen molar-refractivity contribution < 1.29 is 4.79 Å². The minimum absolute atomic E-state index is 0.0376. The third kappa shape index (κ3) is 2.09. The molecule has 0 aliphatic rings. The van der Waals surface area contributed by atoms with Crippen LogP contribution in [0.5, 0.6) is 0 Å². The Labute approximate surface area is 82.3 Å². The Balaban J connectivity index is 3.25. The van der Waals surface area contributed by atoms with Gasteiger partial charge in [-0.25, -0.2) is 0 Å². The van der Waals surface area contributed by atoms with Crippen molar-refractivity contribution in [1.29, 1.82) is 0 Å². The van der Waals surface area contributed by atoms with Crippen LogP contribution < -0.4 is 11.3 Å². The highest BCUT2D eigenvalue weighted by Gasteiger charge is 2.06. The van der Waals surface area contributed by atoms with Gasteiger partial charge >= 0.3 is 0 Å². The molecule has 4 heteroatoms. The first-order chi connectivity index (χ1) is 6.56. The Morgan fingerprint density at radius 3 is 2.64 bits per heavy atom. The molecule has 0 aromatic carbocycles. The number of nitrogens with zero attached hydrogens (tertiary/aromatic N) is 1. The molecule has 76 valence electrons. The maximum Gasteiger partial charge on any atom is 0.255 e. The van der Waals surface area contributed by atoms with Gasteiger partial charge in [-0.05, 0) is 19.9 Å². The molecule has 0 aliphatic heterocycles. The molecule has 0 atom stereocenters. The number of nitrogens with two attached hydrogens (primary N) is 1. The SMILES string of the molecule is CC(=O)Cn1c(C)ccc(CN)c1=O. The average molecular weight is 194 g/mol. The first kappa shape index (κ1) is 10.7. The molecular weight excluding hydrogens is 180 g/mol. The first-order valence-electron chi connectivity index (χ1n) is 4.45. The summed E-state index contributed by atoms with van der Waals surface area (Å²) < 4.78 is 1.45. The Morgan fingerprint density at radius 1 is 1.50 bits per heavy atom. The number of hydrogen-bond acceptors (Lipinski definition) is 3. The second kappa shape index (κ2) is 4.19. The second-order valence-corrected chi connectivity index (χ2v) is 3.30. The minimum atomic E-state index is -0.164. The van der Waals surface area contributed by atoms with Crippen LogP contribution in [0.1, 0.15) is 18.2 Å². The predicted octanol–water partition coefficient (Wildman–Crippen LogP) is 0.204. The van der Waals surface area contributed by atoms with Crippen LogP contribution in [0.2, 0.25) is 0 Å². The number of hydrogen-bond donors (Lipinski definition) is 1. The molecule has 1 rings (SSSR count). The number of ketones is 1. The zero-order valence-corrected chi connectivity index (χ0v) is 8.41. The number of pyridine rings is 1. The molecule has 0 fully saturated rings. The van der Waals surface area contributed by atoms with E-state index in [2.05, 4.69) is 0 Å². The lowest BCUT2D eigenvalue weighted by atomic mass is 10.2. The fourth-order valence-electron chi connectivity index (χ4n) is 1.29. The first-order valence-corrected chi connectivity index (χ1v) is 4.45. The Hall–Kier alpha value is -1.42. The molecule has 0 spiro atoms. The number of carbonyl (C=O) groups is 1. The topological polar surface area (TPSA) is 65.1 Å². The molecule has 0 amide bonds. The molecule has 1 aromatic rings. The van der Waals surface area contributed by atoms with Crippen LogP contribution in [0.15, 0.2) is 16.9 Å². The highest BCUT2D eigenvalue weighted by molar-refractivity contribution is 5.75. The minimum Gasteiger partial charge on any atom is -0.326 e. The van der Waals surface area contributed by atoms with Crippen molar-refractivity contribution in [2.45, 2.75) is 26.9 Å². The Bertz CT molecular complexity index is 407. The van der Waals surface area contributed by atoms with Crippen LogP contribution in [0, 0.1) is 6.92 Å². The summed E-state index contributed by atoms with van der Waals surface area (Å²) in [5.74, 6) is -0.0376. The zero-order chi connectivity index (χ0) is 10.7. The Morgan fingerprint density at radius 2 is 2.14 bits per heavy atom. The summed E-state index contributed by atoms with van der Waals surface area (Å²) >= 11 is 0. The van der Waals surface area contributed by atoms with Crippen molar-refractivity contribution >= 4 is 5.78 Å². The summed E-state index contributed by atoms with van der Waals surface area (Å²) in [7, 11) is 0. The van der Waals surface area contributed by atoms with Gasteiger partial charge in [0.15, 0.2) is 0 Å². The van der Waals surface area contributed by atoms with Gasteiger partial charge in [-0.3, -0.25) is 9.59 Å². The monoisotopic (exact) mass is 194 g/mol. The van der Waals surface area contributed by atoms with Gasteiger partial charge in [0, 0.05) is 17.8 Å². The van der Waals surface area contributed by atoms with Gasteiger partial charge in [-0.15, -0.1) is 0 Å². The van der Waals surface area contributed by atoms with Gasteiger partial charge in [0.2, 0.25) is 0 Å². The summed E-state index contributed by atoms with van der Waals surface area (Å²) in [4.78, 5) is 22.6. The van der Waals surface area contributed by atoms with Crippen molar-refractivity contribution in [2.75, 3.05) is 0 Å². The van der Waals surface area contributed by atoms with E-state index in [0.717, 1.165) is 5.69 Å². The molecule has 0 saturated heterocycles. The van der Waals surface area contributed by atoms with Gasteiger partial charge in [0.25, 0.3) is 5.56 Å². The molecule has 14 heavy (non-hydrogen) atoms. The van der Waals surface area contributed by atoms with E-state index < -0.39 is 0 Å². The number of aromatic nitrogens is 1. The lowest BCUT2D eigenvalue weighted by Crippen LogP contribution is -2.28. The van der Waals surface area contributed by atoms with E-state index in [4.69, 9.17) is 5.73 Å². The number of carbonyl (C=O) groups excluding carboxylic acids is 1. The second-order valence-electron chi connectivity index (χ2n) is 3.30. The molecule has 1 aromatic heterocycles. The van der Waals surface area contributed by atoms with Crippen LogP contribution in [-0.4, -0.2) is 10.4 Å². The smallest absolute Gasteiger partial charge is 0.255 e. The van der Waals surface area contributed by atoms with Crippen molar-refractivity contribution in [1.82, 2.24) is 4.57 Å². The quantitative estimate of drug-likeness (QED) is 0.747. The van der Waals surface area contributed by atoms with Gasteiger partial charge in [0.05, 0.1) is 6.54 Å². The van der Waals surface area contributed by atoms with Gasteiger partial charge in [0.1, 0.15) is 5.78 Å². The fraction of sp³-hybridized carbons (Fsp3) is 0.400. The Kier molecular flexibility index (Phi) is 3.19. The van der Waals surface area contributed by atoms with Crippen LogP contribution in [0.4, 0.5) is 0 Å². The highest BCUT2D eigenvalue weighted by atomic mass is 16.1. The normalized spacial score (nSPS) is 10.2. The fourth-order valence-corrected chi connectivity index (χ4v) is 1.29. The van der Waals surface area contributed by atoms with Crippen LogP contribution in [0.25, 0.3) is 0 Å². The lowest BCUT2D eigenvalue weighted by molar-refractivity contribution is -0.117. The van der Waals surface area contributed by atoms with Crippen molar-refractivity contribution in [3.05, 3.63) is 33.7 Å². The van der Waals surface area contributed by atoms with E-state index in [0.29, 0.717) is 5.56 Å². The number of aryl methyl sites for hydroxylation is 1. The average Bonchev–Trinajstić information content (AvgIpc) is 2.12. The molecule has 0 bridgehead atoms. The van der Waals surface area contributed by atoms with E-state index in [-0.39, 0.29) is 24.4 Å². The molecule has 2 N–H and O–H groups in total. The van der Waals surface area contributed by atoms with E-state index >= 15 is 0 Å². The van der Waals surface area contributed by atoms with E-state index in [1.54, 1.807) is 19.1 Å². The van der Waals surface area contributed by atoms with Crippen LogP contribution in [-0.2, 0) is 17.9 Å². The molecule has 1 heterocycles. The summed E-state index contributed by atoms with van der Waals surface area (Å²) in [6.45, 7) is 3.58. The molecule has 4 nitrogen and oxygen atoms in total. The third-order valence-electron chi connectivity index (χ3n) is 2.07. The molecular formula is C10H14N2O2. The van der Waals surface area contributed by atoms with Crippen molar-refractivity contribution in [3.63, 3.8) is 0 Å². The van der Waals surface area contributed by atoms with Crippen LogP contribution >= 0.6 is 0 Å². The highest BCUT2D eigenvalue weighted by Crippen LogP contribution is 1.98. The van der Waals surface area contributed by atoms with Crippen molar-refractivity contribution in [3.8, 4) is 0 Å². The van der Waals surface area contributed by atoms with Crippen LogP contribution in [0.3, 0.4) is 0 Å². The summed E-state index contributed by atoms with van der Waals surface area (Å²) in [6, 6.07) is 3.50. The largest absolute Gasteiger partial charge is 0.326 e. The maximum atomic E-state index is 11.7. The summed E-state index contributed by atoms with van der Waals surface area (Å²) in [5.41, 5.74) is 6.56. The maximum absolute atomic E-state index is 11.7. The summed E-state index contributed by atoms with van der Waals surface area (Å²) in [6.07, 6.45) is 0. The van der Waals surface area contributed by atoms with Gasteiger partial charge in [-0.1, -0.05) is 6.07 Å². The number of rotatable bonds is 3. The number of Topliss-reactive ketones (excluding diaryl/α,β-unsaturated/α-hetero) is 1. The van der Waals surface area contributed by atoms with Gasteiger partial charge in [-0.2, -0.15) is 0 Å². The molecule has 0 saturated carbocycles. The van der Waals surface area contributed by atoms with Gasteiger partial charge < -0.3 is 10.3 Å². The molecule has 0 aliphatic carbocycles. The molecule has 0 unspecified atom stereocenters. The standard InChI is InChI=1S/C10H14N2O2/c1-7-3-4-9(5-11)10(14)12(7)6-8(2)13/h3-4H,5-6,11H2,1-2H3. The van der Waals surface area contributed by atoms with E-state index in [9.17, 15) is 9.59 Å². The van der Waals surface area contributed by atoms with E-state index in [1.165, 1.54) is 11.5 Å². The van der Waals surface area contributed by atoms with E-state index in [1.807, 2.05) is 0 Å². The predicted molar refractivity (Wildman–Crippen MR) is 54.0 cm³/mol. The van der Waals surface area contributed by atoms with Crippen molar-refractivity contribution in [2.24, 2.45) is 5.73 Å². The third-order valence-corrected chi connectivity index (χ3v) is 2.07.